The van der Waals surface area contributed by atoms with Crippen LogP contribution in [0.25, 0.3) is 0 Å². The van der Waals surface area contributed by atoms with Crippen molar-refractivity contribution in [3.05, 3.63) is 0 Å². The van der Waals surface area contributed by atoms with E-state index in [4.69, 9.17) is 0 Å². The first-order valence-corrected chi connectivity index (χ1v) is 8.36. The van der Waals surface area contributed by atoms with E-state index in [1.54, 1.807) is 0 Å². The van der Waals surface area contributed by atoms with Crippen molar-refractivity contribution in [3.8, 4) is 0 Å². The van der Waals surface area contributed by atoms with Gasteiger partial charge in [0.1, 0.15) is 0 Å². The Morgan fingerprint density at radius 2 is 2.00 bits per heavy atom. The lowest BCUT2D eigenvalue weighted by Crippen LogP contribution is -2.24. The van der Waals surface area contributed by atoms with Crippen LogP contribution in [0.1, 0.15) is 39.5 Å². The second kappa shape index (κ2) is 7.51. The van der Waals surface area contributed by atoms with Gasteiger partial charge in [-0.2, -0.15) is 0 Å². The smallest absolute Gasteiger partial charge is 0.269 e. The maximum Gasteiger partial charge on any atom is 0.269 e. The van der Waals surface area contributed by atoms with Crippen LogP contribution in [0.4, 0.5) is 5.13 Å². The number of carbonyl (C=O) groups excluding carboxylic acids is 1. The molecular formula is C10H18N4O3S2. The summed E-state index contributed by atoms with van der Waals surface area (Å²) >= 11 is 0.832. The molecule has 0 saturated carbocycles. The topological polar surface area (TPSA) is 101 Å². The lowest BCUT2D eigenvalue weighted by atomic mass is 10.2. The molecule has 0 spiro atoms. The van der Waals surface area contributed by atoms with Crippen molar-refractivity contribution >= 4 is 32.4 Å². The van der Waals surface area contributed by atoms with Crippen LogP contribution in [0.5, 0.6) is 0 Å². The molecule has 0 saturated heterocycles. The second-order valence-corrected chi connectivity index (χ2v) is 6.93. The van der Waals surface area contributed by atoms with Gasteiger partial charge in [-0.15, -0.1) is 10.2 Å². The van der Waals surface area contributed by atoms with Gasteiger partial charge in [0.15, 0.2) is 0 Å². The highest BCUT2D eigenvalue weighted by Crippen LogP contribution is 2.19. The van der Waals surface area contributed by atoms with Gasteiger partial charge in [0.05, 0.1) is 0 Å². The number of sulfonamides is 1. The van der Waals surface area contributed by atoms with Gasteiger partial charge in [-0.25, -0.2) is 13.1 Å². The molecule has 0 unspecified atom stereocenters. The summed E-state index contributed by atoms with van der Waals surface area (Å²) in [5.74, 6) is -0.312. The molecular weight excluding hydrogens is 288 g/mol. The van der Waals surface area contributed by atoms with Gasteiger partial charge in [-0.3, -0.25) is 4.79 Å². The molecule has 1 heterocycles. The summed E-state index contributed by atoms with van der Waals surface area (Å²) in [6.45, 7) is 3.80. The first-order valence-electron chi connectivity index (χ1n) is 6.06. The van der Waals surface area contributed by atoms with Crippen molar-refractivity contribution in [1.29, 1.82) is 0 Å². The summed E-state index contributed by atoms with van der Waals surface area (Å²) in [4.78, 5) is 10.8. The van der Waals surface area contributed by atoms with E-state index in [9.17, 15) is 13.2 Å². The Bertz CT molecular complexity index is 513. The number of hydrogen-bond donors (Lipinski definition) is 2. The SMILES string of the molecule is CCCCCCNS(=O)(=O)c1nnc(NC(C)=O)s1. The fourth-order valence-electron chi connectivity index (χ4n) is 1.34. The van der Waals surface area contributed by atoms with Crippen LogP contribution in [-0.2, 0) is 14.8 Å². The number of aromatic nitrogens is 2. The van der Waals surface area contributed by atoms with Gasteiger partial charge in [0.25, 0.3) is 10.0 Å². The third-order valence-corrected chi connectivity index (χ3v) is 4.91. The summed E-state index contributed by atoms with van der Waals surface area (Å²) in [5.41, 5.74) is 0. The van der Waals surface area contributed by atoms with Gasteiger partial charge in [0, 0.05) is 13.5 Å². The van der Waals surface area contributed by atoms with E-state index in [-0.39, 0.29) is 15.4 Å². The van der Waals surface area contributed by atoms with Gasteiger partial charge < -0.3 is 5.32 Å². The highest BCUT2D eigenvalue weighted by atomic mass is 32.2. The van der Waals surface area contributed by atoms with E-state index in [1.165, 1.54) is 6.92 Å². The molecule has 0 fully saturated rings. The molecule has 0 atom stereocenters. The molecule has 9 heteroatoms. The highest BCUT2D eigenvalue weighted by molar-refractivity contribution is 7.91. The number of carbonyl (C=O) groups is 1. The first kappa shape index (κ1) is 16.0. The highest BCUT2D eigenvalue weighted by Gasteiger charge is 2.19. The van der Waals surface area contributed by atoms with Crippen LogP contribution in [0, 0.1) is 0 Å². The number of unbranched alkanes of at least 4 members (excludes halogenated alkanes) is 3. The number of anilines is 1. The Labute approximate surface area is 116 Å². The molecule has 2 N–H and O–H groups in total. The van der Waals surface area contributed by atoms with Crippen molar-refractivity contribution < 1.29 is 13.2 Å². The average Bonchev–Trinajstić information content (AvgIpc) is 2.77. The summed E-state index contributed by atoms with van der Waals surface area (Å²) in [6, 6.07) is 0. The minimum Gasteiger partial charge on any atom is -0.301 e. The van der Waals surface area contributed by atoms with Crippen LogP contribution in [0.3, 0.4) is 0 Å². The molecule has 19 heavy (non-hydrogen) atoms. The number of rotatable bonds is 8. The van der Waals surface area contributed by atoms with Crippen LogP contribution < -0.4 is 10.0 Å². The van der Waals surface area contributed by atoms with E-state index in [2.05, 4.69) is 27.2 Å². The number of amides is 1. The number of nitrogens with one attached hydrogen (secondary N) is 2. The van der Waals surface area contributed by atoms with Crippen LogP contribution in [0.2, 0.25) is 0 Å². The van der Waals surface area contributed by atoms with Crippen LogP contribution >= 0.6 is 11.3 Å². The Morgan fingerprint density at radius 3 is 2.63 bits per heavy atom. The summed E-state index contributed by atoms with van der Waals surface area (Å²) in [5, 5.41) is 9.73. The minimum absolute atomic E-state index is 0.133. The van der Waals surface area contributed by atoms with Crippen molar-refractivity contribution in [2.45, 2.75) is 43.9 Å². The maximum absolute atomic E-state index is 11.8. The molecule has 108 valence electrons. The standard InChI is InChI=1S/C10H18N4O3S2/c1-3-4-5-6-7-11-19(16,17)10-14-13-9(18-10)12-8(2)15/h11H,3-7H2,1-2H3,(H,12,13,15). The number of nitrogens with zero attached hydrogens (tertiary/aromatic N) is 2. The molecule has 0 radical (unpaired) electrons. The first-order chi connectivity index (χ1) is 8.95. The Kier molecular flexibility index (Phi) is 6.32. The normalized spacial score (nSPS) is 11.5. The predicted molar refractivity (Wildman–Crippen MR) is 73.5 cm³/mol. The number of hydrogen-bond acceptors (Lipinski definition) is 6. The fourth-order valence-corrected chi connectivity index (χ4v) is 3.40. The second-order valence-electron chi connectivity index (χ2n) is 4.01. The van der Waals surface area contributed by atoms with Crippen LogP contribution in [0.15, 0.2) is 4.34 Å². The van der Waals surface area contributed by atoms with E-state index < -0.39 is 10.0 Å². The van der Waals surface area contributed by atoms with Gasteiger partial charge >= 0.3 is 0 Å². The van der Waals surface area contributed by atoms with Gasteiger partial charge in [-0.1, -0.05) is 37.5 Å². The van der Waals surface area contributed by atoms with Crippen molar-refractivity contribution in [1.82, 2.24) is 14.9 Å². The minimum atomic E-state index is -3.62. The van der Waals surface area contributed by atoms with E-state index in [0.29, 0.717) is 6.54 Å². The zero-order chi connectivity index (χ0) is 14.3. The Morgan fingerprint density at radius 1 is 1.26 bits per heavy atom. The van der Waals surface area contributed by atoms with Gasteiger partial charge in [-0.05, 0) is 6.42 Å². The van der Waals surface area contributed by atoms with Crippen molar-refractivity contribution in [2.75, 3.05) is 11.9 Å². The summed E-state index contributed by atoms with van der Waals surface area (Å²) in [6.07, 6.45) is 3.98. The van der Waals surface area contributed by atoms with Crippen molar-refractivity contribution in [3.63, 3.8) is 0 Å². The zero-order valence-electron chi connectivity index (χ0n) is 11.0. The van der Waals surface area contributed by atoms with Crippen LogP contribution in [-0.4, -0.2) is 31.1 Å². The lowest BCUT2D eigenvalue weighted by molar-refractivity contribution is -0.114. The third-order valence-electron chi connectivity index (χ3n) is 2.24. The molecule has 0 aliphatic heterocycles. The molecule has 1 rings (SSSR count). The molecule has 0 aliphatic carbocycles. The molecule has 7 nitrogen and oxygen atoms in total. The molecule has 0 bridgehead atoms. The zero-order valence-corrected chi connectivity index (χ0v) is 12.6. The molecule has 1 aromatic rings. The fraction of sp³-hybridized carbons (Fsp3) is 0.700. The van der Waals surface area contributed by atoms with Crippen molar-refractivity contribution in [2.24, 2.45) is 0 Å². The lowest BCUT2D eigenvalue weighted by Gasteiger charge is -2.02. The Hall–Kier alpha value is -1.06. The molecule has 1 amide bonds. The quantitative estimate of drug-likeness (QED) is 0.558. The van der Waals surface area contributed by atoms with E-state index >= 15 is 0 Å². The monoisotopic (exact) mass is 306 g/mol. The largest absolute Gasteiger partial charge is 0.301 e. The molecule has 0 aliphatic rings. The third kappa shape index (κ3) is 5.62. The molecule has 0 aromatic carbocycles. The van der Waals surface area contributed by atoms with E-state index in [1.807, 2.05) is 0 Å². The van der Waals surface area contributed by atoms with Gasteiger partial charge in [0.2, 0.25) is 15.4 Å². The summed E-state index contributed by atoms with van der Waals surface area (Å²) in [7, 11) is -3.62. The maximum atomic E-state index is 11.8. The summed E-state index contributed by atoms with van der Waals surface area (Å²) < 4.78 is 26.0. The Balaban J connectivity index is 2.52. The molecule has 1 aromatic heterocycles. The van der Waals surface area contributed by atoms with E-state index in [0.717, 1.165) is 37.0 Å². The predicted octanol–water partition coefficient (Wildman–Crippen LogP) is 1.36. The average molecular weight is 306 g/mol.